The van der Waals surface area contributed by atoms with Gasteiger partial charge in [0.05, 0.1) is 16.7 Å². The molecule has 0 amide bonds. The van der Waals surface area contributed by atoms with Gasteiger partial charge in [-0.15, -0.1) is 0 Å². The third kappa shape index (κ3) is 14.2. The molecule has 180 valence electrons. The van der Waals surface area contributed by atoms with E-state index in [4.69, 9.17) is 4.74 Å². The van der Waals surface area contributed by atoms with Crippen LogP contribution in [0, 0.1) is 0 Å². The molecule has 0 fully saturated rings. The Morgan fingerprint density at radius 1 is 0.812 bits per heavy atom. The molecule has 4 nitrogen and oxygen atoms in total. The number of aryl methyl sites for hydroxylation is 2. The molecule has 0 aromatic heterocycles. The van der Waals surface area contributed by atoms with Crippen LogP contribution < -0.4 is 34.3 Å². The van der Waals surface area contributed by atoms with E-state index < -0.39 is 15.4 Å². The molecular weight excluding hydrogens is 431 g/mol. The monoisotopic (exact) mass is 476 g/mol. The first-order chi connectivity index (χ1) is 14.9. The van der Waals surface area contributed by atoms with E-state index in [1.54, 1.807) is 0 Å². The smallest absolute Gasteiger partial charge is 0.748 e. The van der Waals surface area contributed by atoms with E-state index >= 15 is 0 Å². The fourth-order valence-electron chi connectivity index (χ4n) is 3.88. The van der Waals surface area contributed by atoms with Crippen molar-refractivity contribution in [3.05, 3.63) is 29.3 Å². The van der Waals surface area contributed by atoms with Gasteiger partial charge >= 0.3 is 29.6 Å². The van der Waals surface area contributed by atoms with Crippen LogP contribution in [-0.4, -0.2) is 24.8 Å². The molecule has 0 heterocycles. The molecule has 0 radical (unpaired) electrons. The summed E-state index contributed by atoms with van der Waals surface area (Å²) >= 11 is 0. The molecule has 0 spiro atoms. The van der Waals surface area contributed by atoms with Crippen LogP contribution in [0.5, 0.6) is 5.75 Å². The van der Waals surface area contributed by atoms with Gasteiger partial charge < -0.3 is 9.29 Å². The Balaban J connectivity index is 0.00000961. The Morgan fingerprint density at radius 2 is 1.25 bits per heavy atom. The van der Waals surface area contributed by atoms with Gasteiger partial charge in [0.15, 0.2) is 0 Å². The van der Waals surface area contributed by atoms with Crippen LogP contribution in [-0.2, 0) is 23.0 Å². The number of hydrogen-bond donors (Lipinski definition) is 0. The molecule has 0 saturated heterocycles. The van der Waals surface area contributed by atoms with Crippen LogP contribution in [0.25, 0.3) is 0 Å². The maximum Gasteiger partial charge on any atom is 1.00 e. The molecule has 1 atom stereocenters. The van der Waals surface area contributed by atoms with Gasteiger partial charge in [0.25, 0.3) is 0 Å². The fourth-order valence-corrected chi connectivity index (χ4v) is 4.26. The van der Waals surface area contributed by atoms with Crippen molar-refractivity contribution in [2.45, 2.75) is 122 Å². The van der Waals surface area contributed by atoms with Crippen molar-refractivity contribution >= 4 is 10.1 Å². The standard InChI is InChI=1S/C26H46O4S.Na/c1-4-6-8-10-12-14-17-24-19-16-20-25(18-15-13-11-9-7-5-2)26(24)30-22-21-23(3)31(27,28)29;/h16,19-20,23H,4-15,17-18,21-22H2,1-3H3,(H,27,28,29);/q;+1/p-1. The minimum atomic E-state index is -4.26. The quantitative estimate of drug-likeness (QED) is 0.171. The second kappa shape index (κ2) is 19.3. The third-order valence-electron chi connectivity index (χ3n) is 6.04. The SMILES string of the molecule is CCCCCCCCc1cccc(CCCCCCCC)c1OCCC(C)S(=O)(=O)[O-].[Na+]. The Bertz CT molecular complexity index is 657. The van der Waals surface area contributed by atoms with E-state index in [0.717, 1.165) is 31.4 Å². The van der Waals surface area contributed by atoms with Crippen molar-refractivity contribution < 1.29 is 47.3 Å². The maximum atomic E-state index is 11.2. The summed E-state index contributed by atoms with van der Waals surface area (Å²) in [5.74, 6) is 0.931. The molecule has 1 rings (SSSR count). The van der Waals surface area contributed by atoms with Crippen LogP contribution in [0.1, 0.15) is 115 Å². The molecule has 32 heavy (non-hydrogen) atoms. The van der Waals surface area contributed by atoms with Crippen LogP contribution >= 0.6 is 0 Å². The van der Waals surface area contributed by atoms with Gasteiger partial charge in [-0.3, -0.25) is 0 Å². The summed E-state index contributed by atoms with van der Waals surface area (Å²) in [6, 6.07) is 6.40. The minimum Gasteiger partial charge on any atom is -0.748 e. The molecule has 6 heteroatoms. The predicted molar refractivity (Wildman–Crippen MR) is 130 cm³/mol. The van der Waals surface area contributed by atoms with Gasteiger partial charge in [0.1, 0.15) is 5.75 Å². The predicted octanol–water partition coefficient (Wildman–Crippen LogP) is 4.20. The molecule has 0 aliphatic carbocycles. The van der Waals surface area contributed by atoms with Crippen molar-refractivity contribution in [2.75, 3.05) is 6.61 Å². The first-order valence-corrected chi connectivity index (χ1v) is 14.1. The zero-order valence-electron chi connectivity index (χ0n) is 21.2. The minimum absolute atomic E-state index is 0. The molecule has 0 bridgehead atoms. The van der Waals surface area contributed by atoms with Crippen molar-refractivity contribution in [1.29, 1.82) is 0 Å². The molecular formula is C26H45NaO4S. The van der Waals surface area contributed by atoms with E-state index in [9.17, 15) is 13.0 Å². The van der Waals surface area contributed by atoms with E-state index in [1.807, 2.05) is 0 Å². The number of rotatable bonds is 19. The molecule has 0 saturated carbocycles. The van der Waals surface area contributed by atoms with Crippen LogP contribution in [0.3, 0.4) is 0 Å². The number of benzene rings is 1. The summed E-state index contributed by atoms with van der Waals surface area (Å²) in [5, 5.41) is -0.916. The van der Waals surface area contributed by atoms with Gasteiger partial charge in [-0.25, -0.2) is 8.42 Å². The largest absolute Gasteiger partial charge is 1.00 e. The van der Waals surface area contributed by atoms with E-state index in [2.05, 4.69) is 32.0 Å². The number of para-hydroxylation sites is 1. The van der Waals surface area contributed by atoms with Crippen molar-refractivity contribution in [3.8, 4) is 5.75 Å². The molecule has 0 N–H and O–H groups in total. The first kappa shape index (κ1) is 31.9. The first-order valence-electron chi connectivity index (χ1n) is 12.6. The average molecular weight is 477 g/mol. The van der Waals surface area contributed by atoms with Crippen LogP contribution in [0.4, 0.5) is 0 Å². The Kier molecular flexibility index (Phi) is 19.2. The summed E-state index contributed by atoms with van der Waals surface area (Å²) in [4.78, 5) is 0. The Labute approximate surface area is 220 Å². The summed E-state index contributed by atoms with van der Waals surface area (Å²) in [7, 11) is -4.26. The van der Waals surface area contributed by atoms with Crippen molar-refractivity contribution in [2.24, 2.45) is 0 Å². The molecule has 1 unspecified atom stereocenters. The average Bonchev–Trinajstić information content (AvgIpc) is 2.73. The fraction of sp³-hybridized carbons (Fsp3) is 0.769. The number of unbranched alkanes of at least 4 members (excludes halogenated alkanes) is 10. The third-order valence-corrected chi connectivity index (χ3v) is 7.26. The molecule has 0 aliphatic rings. The van der Waals surface area contributed by atoms with Gasteiger partial charge in [0, 0.05) is 5.25 Å². The summed E-state index contributed by atoms with van der Waals surface area (Å²) in [5.41, 5.74) is 2.44. The summed E-state index contributed by atoms with van der Waals surface area (Å²) in [6.07, 6.45) is 17.3. The second-order valence-corrected chi connectivity index (χ2v) is 10.7. The van der Waals surface area contributed by atoms with Crippen LogP contribution in [0.15, 0.2) is 18.2 Å². The molecule has 1 aromatic carbocycles. The van der Waals surface area contributed by atoms with Gasteiger partial charge in [-0.2, -0.15) is 0 Å². The zero-order valence-corrected chi connectivity index (χ0v) is 24.0. The summed E-state index contributed by atoms with van der Waals surface area (Å²) < 4.78 is 39.7. The molecule has 0 aliphatic heterocycles. The van der Waals surface area contributed by atoms with E-state index in [-0.39, 0.29) is 42.6 Å². The van der Waals surface area contributed by atoms with Gasteiger partial charge in [0.2, 0.25) is 0 Å². The Hall–Kier alpha value is -0.0700. The van der Waals surface area contributed by atoms with Crippen LogP contribution in [0.2, 0.25) is 0 Å². The number of ether oxygens (including phenoxy) is 1. The topological polar surface area (TPSA) is 66.4 Å². The number of hydrogen-bond acceptors (Lipinski definition) is 4. The zero-order chi connectivity index (χ0) is 23.0. The Morgan fingerprint density at radius 3 is 1.69 bits per heavy atom. The normalized spacial score (nSPS) is 12.4. The van der Waals surface area contributed by atoms with Gasteiger partial charge in [-0.05, 0) is 50.2 Å². The van der Waals surface area contributed by atoms with Gasteiger partial charge in [-0.1, -0.05) is 96.3 Å². The van der Waals surface area contributed by atoms with E-state index in [1.165, 1.54) is 82.3 Å². The van der Waals surface area contributed by atoms with Crippen molar-refractivity contribution in [3.63, 3.8) is 0 Å². The molecule has 1 aromatic rings. The van der Waals surface area contributed by atoms with E-state index in [0.29, 0.717) is 0 Å². The second-order valence-electron chi connectivity index (χ2n) is 8.88. The summed E-state index contributed by atoms with van der Waals surface area (Å²) in [6.45, 7) is 6.19. The maximum absolute atomic E-state index is 11.2. The van der Waals surface area contributed by atoms with Crippen molar-refractivity contribution in [1.82, 2.24) is 0 Å².